The van der Waals surface area contributed by atoms with Crippen LogP contribution in [-0.4, -0.2) is 0 Å². The molecule has 0 amide bonds. The van der Waals surface area contributed by atoms with Gasteiger partial charge in [0.2, 0.25) is 0 Å². The lowest BCUT2D eigenvalue weighted by molar-refractivity contribution is 0.805. The molecule has 0 spiro atoms. The zero-order valence-corrected chi connectivity index (χ0v) is 12.6. The highest BCUT2D eigenvalue weighted by Crippen LogP contribution is 2.12. The van der Waals surface area contributed by atoms with Crippen LogP contribution in [0.2, 0.25) is 0 Å². The van der Waals surface area contributed by atoms with E-state index in [2.05, 4.69) is 59.8 Å². The van der Waals surface area contributed by atoms with Gasteiger partial charge in [-0.15, -0.1) is 0 Å². The fourth-order valence-electron chi connectivity index (χ4n) is 1.89. The van der Waals surface area contributed by atoms with E-state index in [4.69, 9.17) is 0 Å². The molecular weight excluding hydrogens is 204 g/mol. The van der Waals surface area contributed by atoms with Crippen molar-refractivity contribution in [2.75, 3.05) is 0 Å². The molecule has 0 atom stereocenters. The van der Waals surface area contributed by atoms with Gasteiger partial charge < -0.3 is 0 Å². The van der Waals surface area contributed by atoms with Gasteiger partial charge in [-0.25, -0.2) is 0 Å². The third-order valence-electron chi connectivity index (χ3n) is 2.74. The van der Waals surface area contributed by atoms with E-state index in [0.29, 0.717) is 5.92 Å². The van der Waals surface area contributed by atoms with Crippen LogP contribution in [0.15, 0.2) is 34.9 Å². The molecule has 0 N–H and O–H groups in total. The fraction of sp³-hybridized carbons (Fsp3) is 0.647. The molecule has 0 saturated heterocycles. The van der Waals surface area contributed by atoms with Gasteiger partial charge in [-0.1, -0.05) is 48.8 Å². The van der Waals surface area contributed by atoms with Gasteiger partial charge in [0.15, 0.2) is 0 Å². The second-order valence-electron chi connectivity index (χ2n) is 5.67. The first-order chi connectivity index (χ1) is 7.91. The van der Waals surface area contributed by atoms with E-state index in [1.54, 1.807) is 0 Å². The average Bonchev–Trinajstić information content (AvgIpc) is 2.15. The van der Waals surface area contributed by atoms with Gasteiger partial charge >= 0.3 is 0 Å². The highest BCUT2D eigenvalue weighted by atomic mass is 14.0. The topological polar surface area (TPSA) is 0 Å². The van der Waals surface area contributed by atoms with Crippen molar-refractivity contribution in [1.82, 2.24) is 0 Å². The second-order valence-corrected chi connectivity index (χ2v) is 5.67. The van der Waals surface area contributed by atoms with Crippen molar-refractivity contribution in [3.05, 3.63) is 34.9 Å². The molecule has 0 heterocycles. The third-order valence-corrected chi connectivity index (χ3v) is 2.74. The lowest BCUT2D eigenvalue weighted by Crippen LogP contribution is -1.84. The molecule has 0 unspecified atom stereocenters. The second kappa shape index (κ2) is 9.27. The molecule has 0 aromatic carbocycles. The Hall–Kier alpha value is -0.780. The van der Waals surface area contributed by atoms with Crippen LogP contribution in [0.4, 0.5) is 0 Å². The van der Waals surface area contributed by atoms with E-state index < -0.39 is 0 Å². The Morgan fingerprint density at radius 3 is 1.88 bits per heavy atom. The predicted molar refractivity (Wildman–Crippen MR) is 80.3 cm³/mol. The predicted octanol–water partition coefficient (Wildman–Crippen LogP) is 6.06. The zero-order valence-electron chi connectivity index (χ0n) is 12.6. The van der Waals surface area contributed by atoms with E-state index in [-0.39, 0.29) is 0 Å². The first-order valence-corrected chi connectivity index (χ1v) is 6.88. The van der Waals surface area contributed by atoms with E-state index in [1.165, 1.54) is 42.4 Å². The van der Waals surface area contributed by atoms with Gasteiger partial charge in [0, 0.05) is 0 Å². The number of allylic oxidation sites excluding steroid dienone is 6. The molecule has 0 nitrogen and oxygen atoms in total. The zero-order chi connectivity index (χ0) is 13.3. The van der Waals surface area contributed by atoms with Crippen molar-refractivity contribution in [3.63, 3.8) is 0 Å². The minimum absolute atomic E-state index is 0.678. The molecule has 0 aliphatic carbocycles. The smallest absolute Gasteiger partial charge is 0.0288 e. The maximum absolute atomic E-state index is 2.40. The highest BCUT2D eigenvalue weighted by molar-refractivity contribution is 5.05. The molecule has 0 saturated carbocycles. The highest BCUT2D eigenvalue weighted by Gasteiger charge is 1.93. The van der Waals surface area contributed by atoms with Crippen molar-refractivity contribution in [1.29, 1.82) is 0 Å². The van der Waals surface area contributed by atoms with Crippen LogP contribution in [-0.2, 0) is 0 Å². The van der Waals surface area contributed by atoms with E-state index >= 15 is 0 Å². The van der Waals surface area contributed by atoms with Crippen LogP contribution in [0.5, 0.6) is 0 Å². The Kier molecular flexibility index (Phi) is 8.85. The Bertz CT molecular complexity index is 283. The third kappa shape index (κ3) is 11.5. The fourth-order valence-corrected chi connectivity index (χ4v) is 1.89. The summed E-state index contributed by atoms with van der Waals surface area (Å²) in [5.74, 6) is 0.678. The Labute approximate surface area is 109 Å². The monoisotopic (exact) mass is 234 g/mol. The summed E-state index contributed by atoms with van der Waals surface area (Å²) < 4.78 is 0. The van der Waals surface area contributed by atoms with Crippen LogP contribution in [0, 0.1) is 5.92 Å². The van der Waals surface area contributed by atoms with Crippen LogP contribution < -0.4 is 0 Å². The molecule has 0 rings (SSSR count). The van der Waals surface area contributed by atoms with Gasteiger partial charge in [-0.3, -0.25) is 0 Å². The van der Waals surface area contributed by atoms with Gasteiger partial charge in [-0.05, 0) is 59.3 Å². The molecule has 0 aliphatic heterocycles. The number of rotatable bonds is 7. The molecular formula is C17H30. The first kappa shape index (κ1) is 16.2. The molecule has 0 radical (unpaired) electrons. The summed E-state index contributed by atoms with van der Waals surface area (Å²) in [6.45, 7) is 13.3. The summed E-state index contributed by atoms with van der Waals surface area (Å²) in [5.41, 5.74) is 4.47. The quantitative estimate of drug-likeness (QED) is 0.469. The number of hydrogen-bond acceptors (Lipinski definition) is 0. The molecule has 0 aromatic rings. The van der Waals surface area contributed by atoms with Crippen LogP contribution >= 0.6 is 0 Å². The van der Waals surface area contributed by atoms with E-state index in [9.17, 15) is 0 Å². The maximum atomic E-state index is 2.40. The summed E-state index contributed by atoms with van der Waals surface area (Å²) in [6, 6.07) is 0. The van der Waals surface area contributed by atoms with Gasteiger partial charge in [0.1, 0.15) is 0 Å². The minimum Gasteiger partial charge on any atom is -0.0856 e. The van der Waals surface area contributed by atoms with Crippen LogP contribution in [0.3, 0.4) is 0 Å². The summed E-state index contributed by atoms with van der Waals surface area (Å²) in [5, 5.41) is 0. The minimum atomic E-state index is 0.678. The molecule has 0 aliphatic rings. The molecule has 0 heteroatoms. The molecule has 0 fully saturated rings. The maximum Gasteiger partial charge on any atom is -0.0288 e. The summed E-state index contributed by atoms with van der Waals surface area (Å²) in [6.07, 6.45) is 11.9. The summed E-state index contributed by atoms with van der Waals surface area (Å²) >= 11 is 0. The van der Waals surface area contributed by atoms with Crippen molar-refractivity contribution < 1.29 is 0 Å². The first-order valence-electron chi connectivity index (χ1n) is 6.88. The molecule has 98 valence electrons. The van der Waals surface area contributed by atoms with Crippen LogP contribution in [0.25, 0.3) is 0 Å². The summed E-state index contributed by atoms with van der Waals surface area (Å²) in [4.78, 5) is 0. The Morgan fingerprint density at radius 2 is 1.35 bits per heavy atom. The lowest BCUT2D eigenvalue weighted by atomic mass is 10.0. The van der Waals surface area contributed by atoms with Crippen molar-refractivity contribution >= 4 is 0 Å². The van der Waals surface area contributed by atoms with E-state index in [1.807, 2.05) is 0 Å². The molecule has 0 bridgehead atoms. The lowest BCUT2D eigenvalue weighted by Gasteiger charge is -2.03. The van der Waals surface area contributed by atoms with Gasteiger partial charge in [0.25, 0.3) is 0 Å². The summed E-state index contributed by atoms with van der Waals surface area (Å²) in [7, 11) is 0. The molecule has 17 heavy (non-hydrogen) atoms. The van der Waals surface area contributed by atoms with Gasteiger partial charge in [-0.2, -0.15) is 0 Å². The van der Waals surface area contributed by atoms with Crippen molar-refractivity contribution in [2.45, 2.75) is 67.2 Å². The average molecular weight is 234 g/mol. The van der Waals surface area contributed by atoms with Crippen LogP contribution in [0.1, 0.15) is 67.2 Å². The normalized spacial score (nSPS) is 13.1. The Morgan fingerprint density at radius 1 is 0.824 bits per heavy atom. The van der Waals surface area contributed by atoms with Crippen molar-refractivity contribution in [3.8, 4) is 0 Å². The SMILES string of the molecule is CC(C)=CCC/C(C)=C/CC/C(C)=C/C(C)C. The Balaban J connectivity index is 3.88. The standard InChI is InChI=1S/C17H30/c1-14(2)9-7-10-16(5)11-8-12-17(6)13-15(3)4/h9,11,13,15H,7-8,10,12H2,1-6H3/b16-11+,17-13+. The van der Waals surface area contributed by atoms with E-state index in [0.717, 1.165) is 0 Å². The number of hydrogen-bond donors (Lipinski definition) is 0. The van der Waals surface area contributed by atoms with Gasteiger partial charge in [0.05, 0.1) is 0 Å². The van der Waals surface area contributed by atoms with Crippen molar-refractivity contribution in [2.24, 2.45) is 5.92 Å². The largest absolute Gasteiger partial charge is 0.0856 e. The molecule has 0 aromatic heterocycles.